The Balaban J connectivity index is 3.34. The van der Waals surface area contributed by atoms with Gasteiger partial charge in [0.2, 0.25) is 15.9 Å². The maximum Gasteiger partial charge on any atom is 0.250 e. The average molecular weight is 291 g/mol. The largest absolute Gasteiger partial charge is 0.366 e. The molecule has 0 aliphatic rings. The molecule has 0 heterocycles. The van der Waals surface area contributed by atoms with Gasteiger partial charge in [0.25, 0.3) is 0 Å². The predicted molar refractivity (Wildman–Crippen MR) is 70.1 cm³/mol. The molecule has 0 fully saturated rings. The van der Waals surface area contributed by atoms with E-state index in [0.29, 0.717) is 13.1 Å². The quantitative estimate of drug-likeness (QED) is 0.891. The number of halogens is 1. The third kappa shape index (κ3) is 2.82. The summed E-state index contributed by atoms with van der Waals surface area (Å²) in [7, 11) is -3.61. The molecule has 1 amide bonds. The molecule has 1 rings (SSSR count). The molecule has 0 aliphatic carbocycles. The third-order valence-corrected chi connectivity index (χ3v) is 4.92. The van der Waals surface area contributed by atoms with Gasteiger partial charge in [-0.25, -0.2) is 8.42 Å². The first kappa shape index (κ1) is 14.9. The summed E-state index contributed by atoms with van der Waals surface area (Å²) in [5.74, 6) is -0.753. The van der Waals surface area contributed by atoms with Crippen LogP contribution in [0.1, 0.15) is 24.2 Å². The summed E-state index contributed by atoms with van der Waals surface area (Å²) in [6.45, 7) is 4.19. The summed E-state index contributed by atoms with van der Waals surface area (Å²) < 4.78 is 25.7. The molecule has 0 spiro atoms. The van der Waals surface area contributed by atoms with Crippen LogP contribution in [0.15, 0.2) is 23.1 Å². The Hall–Kier alpha value is -1.11. The SMILES string of the molecule is CCN(CC)S(=O)(=O)c1ccc(Cl)c(C(N)=O)c1. The summed E-state index contributed by atoms with van der Waals surface area (Å²) in [6.07, 6.45) is 0. The molecule has 100 valence electrons. The molecule has 18 heavy (non-hydrogen) atoms. The number of hydrogen-bond acceptors (Lipinski definition) is 3. The molecule has 0 aromatic heterocycles. The predicted octanol–water partition coefficient (Wildman–Crippen LogP) is 1.47. The van der Waals surface area contributed by atoms with Gasteiger partial charge >= 0.3 is 0 Å². The first-order chi connectivity index (χ1) is 8.34. The van der Waals surface area contributed by atoms with Crippen LogP contribution in [0.2, 0.25) is 5.02 Å². The fourth-order valence-corrected chi connectivity index (χ4v) is 3.26. The minimum absolute atomic E-state index is 0.00453. The number of sulfonamides is 1. The van der Waals surface area contributed by atoms with Crippen molar-refractivity contribution in [3.05, 3.63) is 28.8 Å². The van der Waals surface area contributed by atoms with Gasteiger partial charge in [-0.2, -0.15) is 4.31 Å². The van der Waals surface area contributed by atoms with Gasteiger partial charge in [0.05, 0.1) is 15.5 Å². The Bertz CT molecular complexity index is 553. The number of carbonyl (C=O) groups is 1. The van der Waals surface area contributed by atoms with Crippen LogP contribution < -0.4 is 5.73 Å². The summed E-state index contributed by atoms with van der Waals surface area (Å²) in [6, 6.07) is 3.93. The molecule has 0 saturated carbocycles. The van der Waals surface area contributed by atoms with Crippen molar-refractivity contribution in [1.29, 1.82) is 0 Å². The second-order valence-electron chi connectivity index (χ2n) is 3.60. The number of rotatable bonds is 5. The van der Waals surface area contributed by atoms with Gasteiger partial charge in [-0.3, -0.25) is 4.79 Å². The van der Waals surface area contributed by atoms with Crippen LogP contribution in [0.5, 0.6) is 0 Å². The standard InChI is InChI=1S/C11H15ClN2O3S/c1-3-14(4-2)18(16,17)8-5-6-10(12)9(7-8)11(13)15/h5-7H,3-4H2,1-2H3,(H2,13,15). The van der Waals surface area contributed by atoms with Crippen molar-refractivity contribution in [3.63, 3.8) is 0 Å². The van der Waals surface area contributed by atoms with Gasteiger partial charge in [-0.05, 0) is 18.2 Å². The molecule has 0 unspecified atom stereocenters. The van der Waals surface area contributed by atoms with E-state index < -0.39 is 15.9 Å². The van der Waals surface area contributed by atoms with Gasteiger partial charge in [0.1, 0.15) is 0 Å². The van der Waals surface area contributed by atoms with Crippen LogP contribution in [0.3, 0.4) is 0 Å². The van der Waals surface area contributed by atoms with Crippen molar-refractivity contribution in [3.8, 4) is 0 Å². The van der Waals surface area contributed by atoms with Gasteiger partial charge < -0.3 is 5.73 Å². The highest BCUT2D eigenvalue weighted by Crippen LogP contribution is 2.22. The second kappa shape index (κ2) is 5.69. The van der Waals surface area contributed by atoms with Crippen molar-refractivity contribution in [2.45, 2.75) is 18.7 Å². The lowest BCUT2D eigenvalue weighted by atomic mass is 10.2. The van der Waals surface area contributed by atoms with E-state index in [-0.39, 0.29) is 15.5 Å². The molecule has 2 N–H and O–H groups in total. The van der Waals surface area contributed by atoms with E-state index in [1.807, 2.05) is 0 Å². The van der Waals surface area contributed by atoms with Gasteiger partial charge in [0, 0.05) is 13.1 Å². The zero-order valence-corrected chi connectivity index (χ0v) is 11.8. The Morgan fingerprint density at radius 3 is 2.33 bits per heavy atom. The number of nitrogens with two attached hydrogens (primary N) is 1. The molecule has 5 nitrogen and oxygen atoms in total. The third-order valence-electron chi connectivity index (χ3n) is 2.55. The fraction of sp³-hybridized carbons (Fsp3) is 0.364. The van der Waals surface area contributed by atoms with E-state index in [9.17, 15) is 13.2 Å². The topological polar surface area (TPSA) is 80.5 Å². The van der Waals surface area contributed by atoms with E-state index >= 15 is 0 Å². The van der Waals surface area contributed by atoms with Crippen LogP contribution in [0.25, 0.3) is 0 Å². The minimum Gasteiger partial charge on any atom is -0.366 e. The number of amides is 1. The lowest BCUT2D eigenvalue weighted by molar-refractivity contribution is 0.1000. The number of nitrogens with zero attached hydrogens (tertiary/aromatic N) is 1. The number of benzene rings is 1. The monoisotopic (exact) mass is 290 g/mol. The second-order valence-corrected chi connectivity index (χ2v) is 5.94. The van der Waals surface area contributed by atoms with E-state index in [2.05, 4.69) is 0 Å². The van der Waals surface area contributed by atoms with Gasteiger partial charge in [-0.15, -0.1) is 0 Å². The highest BCUT2D eigenvalue weighted by molar-refractivity contribution is 7.89. The summed E-state index contributed by atoms with van der Waals surface area (Å²) in [5, 5.41) is 0.140. The van der Waals surface area contributed by atoms with E-state index in [1.165, 1.54) is 22.5 Å². The zero-order chi connectivity index (χ0) is 13.9. The van der Waals surface area contributed by atoms with Crippen molar-refractivity contribution >= 4 is 27.5 Å². The number of primary amides is 1. The van der Waals surface area contributed by atoms with Crippen LogP contribution >= 0.6 is 11.6 Å². The van der Waals surface area contributed by atoms with E-state index in [0.717, 1.165) is 0 Å². The first-order valence-electron chi connectivity index (χ1n) is 5.44. The van der Waals surface area contributed by atoms with Crippen molar-refractivity contribution in [2.24, 2.45) is 5.73 Å². The summed E-state index contributed by atoms with van der Waals surface area (Å²) in [4.78, 5) is 11.2. The number of carbonyl (C=O) groups excluding carboxylic acids is 1. The fourth-order valence-electron chi connectivity index (χ4n) is 1.57. The van der Waals surface area contributed by atoms with Crippen molar-refractivity contribution < 1.29 is 13.2 Å². The lowest BCUT2D eigenvalue weighted by Crippen LogP contribution is -2.30. The smallest absolute Gasteiger partial charge is 0.250 e. The van der Waals surface area contributed by atoms with Gasteiger partial charge in [-0.1, -0.05) is 25.4 Å². The Morgan fingerprint density at radius 2 is 1.89 bits per heavy atom. The van der Waals surface area contributed by atoms with Crippen LogP contribution in [-0.4, -0.2) is 31.7 Å². The maximum absolute atomic E-state index is 12.2. The molecule has 0 radical (unpaired) electrons. The molecule has 1 aromatic rings. The molecule has 0 aliphatic heterocycles. The number of hydrogen-bond donors (Lipinski definition) is 1. The van der Waals surface area contributed by atoms with E-state index in [4.69, 9.17) is 17.3 Å². The summed E-state index contributed by atoms with van der Waals surface area (Å²) >= 11 is 5.78. The van der Waals surface area contributed by atoms with Crippen LogP contribution in [0.4, 0.5) is 0 Å². The minimum atomic E-state index is -3.61. The van der Waals surface area contributed by atoms with Crippen molar-refractivity contribution in [1.82, 2.24) is 4.31 Å². The van der Waals surface area contributed by atoms with Crippen LogP contribution in [0, 0.1) is 0 Å². The van der Waals surface area contributed by atoms with Crippen molar-refractivity contribution in [2.75, 3.05) is 13.1 Å². The Kier molecular flexibility index (Phi) is 4.72. The molecular weight excluding hydrogens is 276 g/mol. The lowest BCUT2D eigenvalue weighted by Gasteiger charge is -2.18. The summed E-state index contributed by atoms with van der Waals surface area (Å²) in [5.41, 5.74) is 5.14. The molecule has 0 atom stereocenters. The normalized spacial score (nSPS) is 11.8. The molecular formula is C11H15ClN2O3S. The first-order valence-corrected chi connectivity index (χ1v) is 7.25. The molecule has 0 bridgehead atoms. The molecule has 1 aromatic carbocycles. The highest BCUT2D eigenvalue weighted by Gasteiger charge is 2.23. The highest BCUT2D eigenvalue weighted by atomic mass is 35.5. The average Bonchev–Trinajstić information content (AvgIpc) is 2.30. The Morgan fingerprint density at radius 1 is 1.33 bits per heavy atom. The Labute approximate surface area is 112 Å². The zero-order valence-electron chi connectivity index (χ0n) is 10.2. The van der Waals surface area contributed by atoms with E-state index in [1.54, 1.807) is 13.8 Å². The maximum atomic E-state index is 12.2. The molecule has 7 heteroatoms. The molecule has 0 saturated heterocycles. The van der Waals surface area contributed by atoms with Crippen LogP contribution in [-0.2, 0) is 10.0 Å². The van der Waals surface area contributed by atoms with Gasteiger partial charge in [0.15, 0.2) is 0 Å².